The molecule has 0 N–H and O–H groups in total. The molecule has 0 saturated carbocycles. The zero-order valence-corrected chi connectivity index (χ0v) is 19.0. The van der Waals surface area contributed by atoms with Crippen LogP contribution in [0.15, 0.2) is 29.2 Å². The van der Waals surface area contributed by atoms with Gasteiger partial charge < -0.3 is 9.80 Å². The predicted molar refractivity (Wildman–Crippen MR) is 115 cm³/mol. The number of likely N-dealkylation sites (tertiary alicyclic amines) is 1. The van der Waals surface area contributed by atoms with Gasteiger partial charge in [0.2, 0.25) is 15.9 Å². The smallest absolute Gasteiger partial charge is 0.243 e. The van der Waals surface area contributed by atoms with E-state index in [4.69, 9.17) is 0 Å². The minimum Gasteiger partial charge on any atom is -0.342 e. The van der Waals surface area contributed by atoms with Crippen LogP contribution in [0.1, 0.15) is 51.0 Å². The Morgan fingerprint density at radius 2 is 1.55 bits per heavy atom. The maximum Gasteiger partial charge on any atom is 0.243 e. The van der Waals surface area contributed by atoms with E-state index in [0.717, 1.165) is 31.5 Å². The lowest BCUT2D eigenvalue weighted by Crippen LogP contribution is -2.48. The first-order valence-electron chi connectivity index (χ1n) is 10.8. The molecule has 1 aromatic rings. The minimum atomic E-state index is -3.50. The summed E-state index contributed by atoms with van der Waals surface area (Å²) < 4.78 is 27.5. The Balaban J connectivity index is 1.58. The van der Waals surface area contributed by atoms with Crippen molar-refractivity contribution < 1.29 is 13.2 Å². The van der Waals surface area contributed by atoms with Gasteiger partial charge in [0.25, 0.3) is 0 Å². The topological polar surface area (TPSA) is 60.9 Å². The Morgan fingerprint density at radius 1 is 1.00 bits per heavy atom. The van der Waals surface area contributed by atoms with E-state index in [-0.39, 0.29) is 11.8 Å². The van der Waals surface area contributed by atoms with Gasteiger partial charge in [0, 0.05) is 32.1 Å². The predicted octanol–water partition coefficient (Wildman–Crippen LogP) is 2.76. The summed E-state index contributed by atoms with van der Waals surface area (Å²) in [5, 5.41) is 0. The summed E-state index contributed by atoms with van der Waals surface area (Å²) in [5.41, 5.74) is 1.13. The van der Waals surface area contributed by atoms with Crippen LogP contribution in [0, 0.1) is 5.92 Å². The maximum absolute atomic E-state index is 13.0. The molecule has 2 fully saturated rings. The van der Waals surface area contributed by atoms with Crippen molar-refractivity contribution in [2.75, 3.05) is 40.3 Å². The molecule has 1 amide bonds. The first-order chi connectivity index (χ1) is 13.7. The number of hydrogen-bond acceptors (Lipinski definition) is 4. The molecule has 0 unspecified atom stereocenters. The van der Waals surface area contributed by atoms with Gasteiger partial charge in [0.15, 0.2) is 0 Å². The molecule has 2 aliphatic rings. The van der Waals surface area contributed by atoms with Gasteiger partial charge in [0.1, 0.15) is 0 Å². The van der Waals surface area contributed by atoms with Crippen molar-refractivity contribution in [1.29, 1.82) is 0 Å². The van der Waals surface area contributed by atoms with Gasteiger partial charge in [0.05, 0.1) is 4.90 Å². The Kier molecular flexibility index (Phi) is 7.02. The summed E-state index contributed by atoms with van der Waals surface area (Å²) in [4.78, 5) is 17.5. The third kappa shape index (κ3) is 5.01. The second-order valence-corrected chi connectivity index (χ2v) is 10.8. The average Bonchev–Trinajstić information content (AvgIpc) is 2.73. The van der Waals surface area contributed by atoms with Crippen molar-refractivity contribution in [3.05, 3.63) is 29.8 Å². The lowest BCUT2D eigenvalue weighted by molar-refractivity contribution is -0.138. The van der Waals surface area contributed by atoms with Gasteiger partial charge >= 0.3 is 0 Å². The lowest BCUT2D eigenvalue weighted by Gasteiger charge is -2.38. The highest BCUT2D eigenvalue weighted by atomic mass is 32.2. The normalized spacial score (nSPS) is 20.9. The first kappa shape index (κ1) is 22.2. The Hall–Kier alpha value is -1.44. The van der Waals surface area contributed by atoms with Crippen LogP contribution in [0.4, 0.5) is 0 Å². The van der Waals surface area contributed by atoms with Crippen LogP contribution in [0.25, 0.3) is 0 Å². The molecule has 0 radical (unpaired) electrons. The van der Waals surface area contributed by atoms with E-state index in [1.54, 1.807) is 12.1 Å². The van der Waals surface area contributed by atoms with E-state index >= 15 is 0 Å². The highest BCUT2D eigenvalue weighted by Crippen LogP contribution is 2.27. The van der Waals surface area contributed by atoms with Crippen LogP contribution >= 0.6 is 0 Å². The second-order valence-electron chi connectivity index (χ2n) is 8.89. The van der Waals surface area contributed by atoms with Crippen LogP contribution in [-0.4, -0.2) is 74.7 Å². The van der Waals surface area contributed by atoms with E-state index in [9.17, 15) is 13.2 Å². The summed E-state index contributed by atoms with van der Waals surface area (Å²) >= 11 is 0. The molecule has 0 spiro atoms. The van der Waals surface area contributed by atoms with Crippen LogP contribution < -0.4 is 0 Å². The summed E-state index contributed by atoms with van der Waals surface area (Å²) in [6.45, 7) is 7.04. The van der Waals surface area contributed by atoms with Gasteiger partial charge in [-0.1, -0.05) is 26.0 Å². The maximum atomic E-state index is 13.0. The summed E-state index contributed by atoms with van der Waals surface area (Å²) in [6.07, 6.45) is 3.22. The summed E-state index contributed by atoms with van der Waals surface area (Å²) in [7, 11) is 0.532. The minimum absolute atomic E-state index is 0.0746. The van der Waals surface area contributed by atoms with Crippen molar-refractivity contribution in [1.82, 2.24) is 14.1 Å². The Labute approximate surface area is 175 Å². The van der Waals surface area contributed by atoms with Crippen molar-refractivity contribution >= 4 is 15.9 Å². The number of amides is 1. The zero-order valence-electron chi connectivity index (χ0n) is 18.2. The molecule has 2 saturated heterocycles. The SMILES string of the molecule is CC(C)c1ccc(S(=O)(=O)N2CCC(C(=O)N(C)C3CCN(C)CC3)CC2)cc1. The van der Waals surface area contributed by atoms with Crippen molar-refractivity contribution in [2.45, 2.75) is 56.4 Å². The number of hydrogen-bond donors (Lipinski definition) is 0. The van der Waals surface area contributed by atoms with Crippen LogP contribution in [0.2, 0.25) is 0 Å². The molecule has 162 valence electrons. The second kappa shape index (κ2) is 9.14. The van der Waals surface area contributed by atoms with Crippen LogP contribution in [-0.2, 0) is 14.8 Å². The molecule has 7 heteroatoms. The number of carbonyl (C=O) groups excluding carboxylic acids is 1. The molecule has 2 heterocycles. The third-order valence-electron chi connectivity index (χ3n) is 6.57. The number of rotatable bonds is 5. The number of sulfonamides is 1. The third-order valence-corrected chi connectivity index (χ3v) is 8.48. The molecular weight excluding hydrogens is 386 g/mol. The van der Waals surface area contributed by atoms with Crippen molar-refractivity contribution in [3.63, 3.8) is 0 Å². The van der Waals surface area contributed by atoms with Crippen LogP contribution in [0.5, 0.6) is 0 Å². The van der Waals surface area contributed by atoms with Crippen molar-refractivity contribution in [3.8, 4) is 0 Å². The standard InChI is InChI=1S/C22H35N3O3S/c1-17(2)18-5-7-21(8-6-18)29(27,28)25-15-9-19(10-16-25)22(26)24(4)20-11-13-23(3)14-12-20/h5-8,17,19-20H,9-16H2,1-4H3. The zero-order chi connectivity index (χ0) is 21.2. The first-order valence-corrected chi connectivity index (χ1v) is 12.2. The molecule has 0 bridgehead atoms. The largest absolute Gasteiger partial charge is 0.342 e. The number of benzene rings is 1. The van der Waals surface area contributed by atoms with Gasteiger partial charge in [-0.05, 0) is 69.4 Å². The fourth-order valence-corrected chi connectivity index (χ4v) is 5.84. The van der Waals surface area contributed by atoms with E-state index in [1.165, 1.54) is 4.31 Å². The monoisotopic (exact) mass is 421 g/mol. The molecule has 2 aliphatic heterocycles. The molecule has 1 aromatic carbocycles. The van der Waals surface area contributed by atoms with E-state index in [2.05, 4.69) is 25.8 Å². The van der Waals surface area contributed by atoms with E-state index < -0.39 is 10.0 Å². The van der Waals surface area contributed by atoms with Gasteiger partial charge in [-0.2, -0.15) is 4.31 Å². The summed E-state index contributed by atoms with van der Waals surface area (Å²) in [5.74, 6) is 0.474. The summed E-state index contributed by atoms with van der Waals surface area (Å²) in [6, 6.07) is 7.50. The molecule has 0 aromatic heterocycles. The van der Waals surface area contributed by atoms with Gasteiger partial charge in [-0.15, -0.1) is 0 Å². The van der Waals surface area contributed by atoms with E-state index in [0.29, 0.717) is 42.8 Å². The van der Waals surface area contributed by atoms with Crippen molar-refractivity contribution in [2.24, 2.45) is 5.92 Å². The molecule has 0 aliphatic carbocycles. The van der Waals surface area contributed by atoms with Crippen LogP contribution in [0.3, 0.4) is 0 Å². The highest BCUT2D eigenvalue weighted by Gasteiger charge is 2.35. The highest BCUT2D eigenvalue weighted by molar-refractivity contribution is 7.89. The molecular formula is C22H35N3O3S. The fourth-order valence-electron chi connectivity index (χ4n) is 4.37. The van der Waals surface area contributed by atoms with Gasteiger partial charge in [-0.25, -0.2) is 8.42 Å². The number of nitrogens with zero attached hydrogens (tertiary/aromatic N) is 3. The Morgan fingerprint density at radius 3 is 2.07 bits per heavy atom. The lowest BCUT2D eigenvalue weighted by atomic mass is 9.94. The quantitative estimate of drug-likeness (QED) is 0.734. The number of carbonyl (C=O) groups is 1. The van der Waals surface area contributed by atoms with Gasteiger partial charge in [-0.3, -0.25) is 4.79 Å². The molecule has 3 rings (SSSR count). The Bertz CT molecular complexity index is 791. The number of piperidine rings is 2. The molecule has 0 atom stereocenters. The van der Waals surface area contributed by atoms with E-state index in [1.807, 2.05) is 24.1 Å². The average molecular weight is 422 g/mol. The fraction of sp³-hybridized carbons (Fsp3) is 0.682. The molecule has 6 nitrogen and oxygen atoms in total. The molecule has 29 heavy (non-hydrogen) atoms.